The molecule has 122 valence electrons. The molecule has 4 heteroatoms. The normalized spacial score (nSPS) is 30.5. The molecule has 0 amide bonds. The van der Waals surface area contributed by atoms with Crippen LogP contribution in [0, 0.1) is 5.92 Å². The van der Waals surface area contributed by atoms with Crippen LogP contribution in [0.1, 0.15) is 64.7 Å². The van der Waals surface area contributed by atoms with Gasteiger partial charge in [0.05, 0.1) is 7.11 Å². The van der Waals surface area contributed by atoms with Gasteiger partial charge in [0.25, 0.3) is 0 Å². The highest BCUT2D eigenvalue weighted by Gasteiger charge is 2.48. The first-order chi connectivity index (χ1) is 10.2. The van der Waals surface area contributed by atoms with E-state index in [2.05, 4.69) is 24.0 Å². The van der Waals surface area contributed by atoms with Gasteiger partial charge in [-0.25, -0.2) is 0 Å². The van der Waals surface area contributed by atoms with Crippen LogP contribution in [0.15, 0.2) is 0 Å². The molecule has 0 aromatic rings. The molecule has 2 fully saturated rings. The first-order valence-electron chi connectivity index (χ1n) is 8.68. The third-order valence-electron chi connectivity index (χ3n) is 5.23. The third-order valence-corrected chi connectivity index (χ3v) is 6.65. The van der Waals surface area contributed by atoms with Crippen molar-refractivity contribution in [1.29, 1.82) is 0 Å². The van der Waals surface area contributed by atoms with E-state index in [0.29, 0.717) is 5.92 Å². The van der Waals surface area contributed by atoms with E-state index in [4.69, 9.17) is 4.74 Å². The number of thioether (sulfide) groups is 1. The second-order valence-electron chi connectivity index (χ2n) is 6.50. The van der Waals surface area contributed by atoms with Gasteiger partial charge in [-0.05, 0) is 50.3 Å². The molecule has 0 bridgehead atoms. The summed E-state index contributed by atoms with van der Waals surface area (Å²) in [5.74, 6) is 1.59. The van der Waals surface area contributed by atoms with Gasteiger partial charge in [-0.15, -0.1) is 0 Å². The maximum Gasteiger partial charge on any atom is 0.326 e. The number of rotatable bonds is 7. The van der Waals surface area contributed by atoms with Crippen molar-refractivity contribution in [1.82, 2.24) is 5.32 Å². The van der Waals surface area contributed by atoms with E-state index in [1.165, 1.54) is 45.0 Å². The second kappa shape index (κ2) is 8.42. The van der Waals surface area contributed by atoms with Gasteiger partial charge in [0.15, 0.2) is 0 Å². The fraction of sp³-hybridized carbons (Fsp3) is 0.941. The van der Waals surface area contributed by atoms with E-state index >= 15 is 0 Å². The Morgan fingerprint density at radius 3 is 2.67 bits per heavy atom. The van der Waals surface area contributed by atoms with Gasteiger partial charge in [-0.2, -0.15) is 11.8 Å². The third kappa shape index (κ3) is 4.16. The molecule has 2 saturated carbocycles. The summed E-state index contributed by atoms with van der Waals surface area (Å²) in [6, 6.07) is 0. The van der Waals surface area contributed by atoms with Gasteiger partial charge in [-0.1, -0.05) is 32.6 Å². The van der Waals surface area contributed by atoms with Crippen LogP contribution >= 0.6 is 11.8 Å². The van der Waals surface area contributed by atoms with Crippen LogP contribution in [0.4, 0.5) is 0 Å². The van der Waals surface area contributed by atoms with Crippen LogP contribution in [0.5, 0.6) is 0 Å². The monoisotopic (exact) mass is 313 g/mol. The predicted octanol–water partition coefficient (Wildman–Crippen LogP) is 3.76. The van der Waals surface area contributed by atoms with Crippen molar-refractivity contribution in [2.45, 2.75) is 75.5 Å². The number of hydrogen-bond donors (Lipinski definition) is 1. The zero-order valence-corrected chi connectivity index (χ0v) is 14.5. The molecule has 0 heterocycles. The minimum atomic E-state index is -0.406. The standard InChI is InChI=1S/C17H31NO2S/c1-3-18-17(16(19)20-2)12-7-8-14(17)11-13-21-15-9-5-4-6-10-15/h14-15,18H,3-13H2,1-2H3. The number of esters is 1. The lowest BCUT2D eigenvalue weighted by Crippen LogP contribution is -2.55. The van der Waals surface area contributed by atoms with Crippen molar-refractivity contribution in [3.63, 3.8) is 0 Å². The van der Waals surface area contributed by atoms with E-state index in [1.807, 2.05) is 0 Å². The SMILES string of the molecule is CCNC1(C(=O)OC)CCCC1CCSC1CCCCC1. The van der Waals surface area contributed by atoms with Crippen LogP contribution in [-0.4, -0.2) is 36.2 Å². The molecule has 0 aromatic heterocycles. The molecule has 2 unspecified atom stereocenters. The van der Waals surface area contributed by atoms with E-state index in [0.717, 1.165) is 37.5 Å². The smallest absolute Gasteiger partial charge is 0.326 e. The number of methoxy groups -OCH3 is 1. The predicted molar refractivity (Wildman–Crippen MR) is 89.7 cm³/mol. The molecule has 2 atom stereocenters. The van der Waals surface area contributed by atoms with Crippen molar-refractivity contribution in [2.24, 2.45) is 5.92 Å². The zero-order valence-electron chi connectivity index (χ0n) is 13.7. The van der Waals surface area contributed by atoms with E-state index in [9.17, 15) is 4.79 Å². The van der Waals surface area contributed by atoms with Gasteiger partial charge >= 0.3 is 5.97 Å². The lowest BCUT2D eigenvalue weighted by molar-refractivity contribution is -0.150. The Bertz CT molecular complexity index is 331. The molecule has 1 N–H and O–H groups in total. The van der Waals surface area contributed by atoms with Crippen molar-refractivity contribution in [2.75, 3.05) is 19.4 Å². The maximum absolute atomic E-state index is 12.3. The Kier molecular flexibility index (Phi) is 6.87. The summed E-state index contributed by atoms with van der Waals surface area (Å²) >= 11 is 2.14. The number of nitrogens with one attached hydrogen (secondary N) is 1. The van der Waals surface area contributed by atoms with Crippen LogP contribution in [0.25, 0.3) is 0 Å². The average Bonchev–Trinajstić information content (AvgIpc) is 2.92. The highest BCUT2D eigenvalue weighted by atomic mass is 32.2. The summed E-state index contributed by atoms with van der Waals surface area (Å²) in [7, 11) is 1.52. The number of hydrogen-bond acceptors (Lipinski definition) is 4. The number of ether oxygens (including phenoxy) is 1. The number of carbonyl (C=O) groups excluding carboxylic acids is 1. The Hall–Kier alpha value is -0.220. The van der Waals surface area contributed by atoms with Crippen molar-refractivity contribution >= 4 is 17.7 Å². The van der Waals surface area contributed by atoms with Crippen LogP contribution in [0.3, 0.4) is 0 Å². The molecule has 21 heavy (non-hydrogen) atoms. The van der Waals surface area contributed by atoms with E-state index in [-0.39, 0.29) is 5.97 Å². The Morgan fingerprint density at radius 2 is 2.00 bits per heavy atom. The van der Waals surface area contributed by atoms with Crippen LogP contribution < -0.4 is 5.32 Å². The molecule has 2 aliphatic carbocycles. The molecule has 0 radical (unpaired) electrons. The second-order valence-corrected chi connectivity index (χ2v) is 7.91. The molecule has 0 spiro atoms. The number of likely N-dealkylation sites (N-methyl/N-ethyl adjacent to an activating group) is 1. The summed E-state index contributed by atoms with van der Waals surface area (Å²) in [5.41, 5.74) is -0.406. The van der Waals surface area contributed by atoms with Gasteiger partial charge in [0.1, 0.15) is 5.54 Å². The fourth-order valence-corrected chi connectivity index (χ4v) is 5.57. The van der Waals surface area contributed by atoms with Crippen LogP contribution in [0.2, 0.25) is 0 Å². The van der Waals surface area contributed by atoms with E-state index in [1.54, 1.807) is 0 Å². The average molecular weight is 314 g/mol. The minimum absolute atomic E-state index is 0.0467. The quantitative estimate of drug-likeness (QED) is 0.726. The fourth-order valence-electron chi connectivity index (χ4n) is 4.15. The summed E-state index contributed by atoms with van der Waals surface area (Å²) in [5, 5.41) is 4.33. The number of carbonyl (C=O) groups is 1. The molecule has 2 rings (SSSR count). The molecule has 2 aliphatic rings. The van der Waals surface area contributed by atoms with Gasteiger partial charge < -0.3 is 10.1 Å². The zero-order chi connectivity index (χ0) is 15.1. The summed E-state index contributed by atoms with van der Waals surface area (Å²) in [6.45, 7) is 2.91. The summed E-state index contributed by atoms with van der Waals surface area (Å²) in [4.78, 5) is 12.3. The van der Waals surface area contributed by atoms with Crippen molar-refractivity contribution < 1.29 is 9.53 Å². The Labute approximate surface area is 134 Å². The maximum atomic E-state index is 12.3. The molecule has 0 aliphatic heterocycles. The molecule has 3 nitrogen and oxygen atoms in total. The lowest BCUT2D eigenvalue weighted by Gasteiger charge is -2.34. The highest BCUT2D eigenvalue weighted by molar-refractivity contribution is 7.99. The topological polar surface area (TPSA) is 38.3 Å². The van der Waals surface area contributed by atoms with Gasteiger partial charge in [0, 0.05) is 5.25 Å². The summed E-state index contributed by atoms with van der Waals surface area (Å²) < 4.78 is 5.11. The largest absolute Gasteiger partial charge is 0.468 e. The molecule has 0 aromatic carbocycles. The Morgan fingerprint density at radius 1 is 1.24 bits per heavy atom. The first-order valence-corrected chi connectivity index (χ1v) is 9.73. The molecular formula is C17H31NO2S. The first kappa shape index (κ1) is 17.1. The Balaban J connectivity index is 1.86. The van der Waals surface area contributed by atoms with Gasteiger partial charge in [0.2, 0.25) is 0 Å². The van der Waals surface area contributed by atoms with Crippen LogP contribution in [-0.2, 0) is 9.53 Å². The minimum Gasteiger partial charge on any atom is -0.468 e. The van der Waals surface area contributed by atoms with Crippen molar-refractivity contribution in [3.05, 3.63) is 0 Å². The van der Waals surface area contributed by atoms with Gasteiger partial charge in [-0.3, -0.25) is 4.79 Å². The molecule has 0 saturated heterocycles. The van der Waals surface area contributed by atoms with E-state index < -0.39 is 5.54 Å². The van der Waals surface area contributed by atoms with Crippen molar-refractivity contribution in [3.8, 4) is 0 Å². The molecular weight excluding hydrogens is 282 g/mol. The lowest BCUT2D eigenvalue weighted by atomic mass is 9.85. The highest BCUT2D eigenvalue weighted by Crippen LogP contribution is 2.40. The summed E-state index contributed by atoms with van der Waals surface area (Å²) in [6.07, 6.45) is 11.4.